The van der Waals surface area contributed by atoms with E-state index in [1.54, 1.807) is 36.9 Å². The van der Waals surface area contributed by atoms with Crippen LogP contribution in [-0.4, -0.2) is 60.0 Å². The first kappa shape index (κ1) is 29.4. The summed E-state index contributed by atoms with van der Waals surface area (Å²) >= 11 is 12.5. The number of nitrogens with zero attached hydrogens (tertiary/aromatic N) is 2. The van der Waals surface area contributed by atoms with Gasteiger partial charge in [-0.15, -0.1) is 0 Å². The topological polar surface area (TPSA) is 95.0 Å². The van der Waals surface area contributed by atoms with Crippen LogP contribution in [0.5, 0.6) is 0 Å². The van der Waals surface area contributed by atoms with Crippen molar-refractivity contribution in [3.05, 3.63) is 69.7 Å². The van der Waals surface area contributed by atoms with Gasteiger partial charge in [0.1, 0.15) is 0 Å². The number of carboxylic acids is 1. The zero-order valence-corrected chi connectivity index (χ0v) is 23.9. The Kier molecular flexibility index (Phi) is 9.32. The van der Waals surface area contributed by atoms with Gasteiger partial charge in [0.05, 0.1) is 23.6 Å². The fourth-order valence-electron chi connectivity index (χ4n) is 5.23. The van der Waals surface area contributed by atoms with Gasteiger partial charge in [-0.25, -0.2) is 12.7 Å². The van der Waals surface area contributed by atoms with E-state index in [4.69, 9.17) is 23.2 Å². The minimum Gasteiger partial charge on any atom is -0.481 e. The van der Waals surface area contributed by atoms with Crippen LogP contribution in [0.3, 0.4) is 0 Å². The lowest BCUT2D eigenvalue weighted by Crippen LogP contribution is -2.56. The summed E-state index contributed by atoms with van der Waals surface area (Å²) in [5.74, 6) is -1.57. The number of piperidine rings is 1. The summed E-state index contributed by atoms with van der Waals surface area (Å²) in [5, 5.41) is 10.8. The van der Waals surface area contributed by atoms with Crippen LogP contribution in [0.4, 0.5) is 0 Å². The summed E-state index contributed by atoms with van der Waals surface area (Å²) in [5.41, 5.74) is 0.609. The van der Waals surface area contributed by atoms with E-state index < -0.39 is 27.4 Å². The number of sulfonamides is 1. The van der Waals surface area contributed by atoms with Crippen LogP contribution in [0.15, 0.2) is 48.5 Å². The summed E-state index contributed by atoms with van der Waals surface area (Å²) in [6.45, 7) is 5.40. The van der Waals surface area contributed by atoms with Crippen LogP contribution in [0, 0.1) is 5.41 Å². The highest BCUT2D eigenvalue weighted by Crippen LogP contribution is 2.52. The molecule has 1 N–H and O–H groups in total. The third-order valence-corrected chi connectivity index (χ3v) is 9.66. The molecule has 0 aliphatic carbocycles. The Balaban J connectivity index is 2.12. The van der Waals surface area contributed by atoms with Crippen molar-refractivity contribution in [1.82, 2.24) is 9.21 Å². The molecule has 0 saturated carbocycles. The van der Waals surface area contributed by atoms with Crippen molar-refractivity contribution >= 4 is 45.1 Å². The summed E-state index contributed by atoms with van der Waals surface area (Å²) in [6, 6.07) is 13.9. The van der Waals surface area contributed by atoms with Crippen molar-refractivity contribution in [1.29, 1.82) is 0 Å². The van der Waals surface area contributed by atoms with Gasteiger partial charge >= 0.3 is 5.97 Å². The summed E-state index contributed by atoms with van der Waals surface area (Å²) in [7, 11) is -1.85. The average Bonchev–Trinajstić information content (AvgIpc) is 2.83. The van der Waals surface area contributed by atoms with Crippen LogP contribution >= 0.6 is 23.2 Å². The molecule has 0 unspecified atom stereocenters. The van der Waals surface area contributed by atoms with Gasteiger partial charge < -0.3 is 10.0 Å². The molecule has 3 rings (SSSR count). The number of aliphatic carboxylic acids is 1. The van der Waals surface area contributed by atoms with Crippen molar-refractivity contribution < 1.29 is 23.1 Å². The maximum Gasteiger partial charge on any atom is 0.304 e. The molecule has 1 aliphatic rings. The molecular weight excluding hydrogens is 535 g/mol. The van der Waals surface area contributed by atoms with Gasteiger partial charge in [0.25, 0.3) is 0 Å². The second-order valence-electron chi connectivity index (χ2n) is 10.1. The second kappa shape index (κ2) is 11.7. The maximum absolute atomic E-state index is 14.1. The monoisotopic (exact) mass is 568 g/mol. The molecule has 0 bridgehead atoms. The van der Waals surface area contributed by atoms with E-state index in [0.29, 0.717) is 22.9 Å². The molecule has 1 heterocycles. The Morgan fingerprint density at radius 3 is 2.38 bits per heavy atom. The standard InChI is InChI=1S/C27H34Cl2N2O5S/c1-5-37(35,36)30(4)14-13-18(2)31-25(19-9-11-21(28)12-10-19)23(20-7-6-8-22(29)15-20)16-27(3,26(31)34)17-24(32)33/h6-12,15,18,23,25H,5,13-14,16-17H2,1-4H3,(H,32,33)/t18-,23+,25+,27+/m0/s1. The van der Waals surface area contributed by atoms with Crippen molar-refractivity contribution in [3.8, 4) is 0 Å². The summed E-state index contributed by atoms with van der Waals surface area (Å²) in [4.78, 5) is 27.7. The molecule has 2 aromatic carbocycles. The number of benzene rings is 2. The van der Waals surface area contributed by atoms with Gasteiger partial charge in [0.15, 0.2) is 0 Å². The van der Waals surface area contributed by atoms with E-state index in [-0.39, 0.29) is 36.6 Å². The molecular formula is C27H34Cl2N2O5S. The largest absolute Gasteiger partial charge is 0.481 e. The highest BCUT2D eigenvalue weighted by molar-refractivity contribution is 7.89. The lowest BCUT2D eigenvalue weighted by atomic mass is 9.67. The molecule has 2 aromatic rings. The maximum atomic E-state index is 14.1. The quantitative estimate of drug-likeness (QED) is 0.403. The molecule has 0 aromatic heterocycles. The van der Waals surface area contributed by atoms with Crippen LogP contribution in [0.1, 0.15) is 63.1 Å². The molecule has 7 nitrogen and oxygen atoms in total. The van der Waals surface area contributed by atoms with Crippen LogP contribution in [0.25, 0.3) is 0 Å². The second-order valence-corrected chi connectivity index (χ2v) is 13.3. The number of carboxylic acid groups (broad SMARTS) is 1. The molecule has 4 atom stereocenters. The third-order valence-electron chi connectivity index (χ3n) is 7.31. The van der Waals surface area contributed by atoms with Gasteiger partial charge in [-0.05, 0) is 62.1 Å². The van der Waals surface area contributed by atoms with Crippen LogP contribution in [0.2, 0.25) is 10.0 Å². The fraction of sp³-hybridized carbons (Fsp3) is 0.481. The molecule has 10 heteroatoms. The van der Waals surface area contributed by atoms with Crippen molar-refractivity contribution in [3.63, 3.8) is 0 Å². The Hall–Kier alpha value is -2.13. The number of hydrogen-bond acceptors (Lipinski definition) is 4. The van der Waals surface area contributed by atoms with E-state index in [9.17, 15) is 23.1 Å². The molecule has 1 saturated heterocycles. The van der Waals surface area contributed by atoms with E-state index in [1.807, 2.05) is 37.3 Å². The minimum atomic E-state index is -3.38. The number of carbonyl (C=O) groups is 2. The number of carbonyl (C=O) groups excluding carboxylic acids is 1. The van der Waals surface area contributed by atoms with E-state index in [1.165, 1.54) is 11.4 Å². The molecule has 1 amide bonds. The number of amides is 1. The van der Waals surface area contributed by atoms with Crippen LogP contribution < -0.4 is 0 Å². The van der Waals surface area contributed by atoms with Gasteiger partial charge in [-0.2, -0.15) is 0 Å². The SMILES string of the molecule is CCS(=O)(=O)N(C)CC[C@H](C)N1C(=O)[C@@](C)(CC(=O)O)C[C@H](c2cccc(Cl)c2)[C@H]1c1ccc(Cl)cc1. The normalized spacial score (nSPS) is 23.3. The highest BCUT2D eigenvalue weighted by atomic mass is 35.5. The zero-order valence-electron chi connectivity index (χ0n) is 21.5. The van der Waals surface area contributed by atoms with E-state index in [2.05, 4.69) is 0 Å². The lowest BCUT2D eigenvalue weighted by Gasteiger charge is -2.51. The Labute approximate surface area is 229 Å². The van der Waals surface area contributed by atoms with Crippen molar-refractivity contribution in [2.75, 3.05) is 19.3 Å². The van der Waals surface area contributed by atoms with Crippen LogP contribution in [-0.2, 0) is 19.6 Å². The number of halogens is 2. The van der Waals surface area contributed by atoms with Gasteiger partial charge in [-0.1, -0.05) is 54.4 Å². The molecule has 37 heavy (non-hydrogen) atoms. The predicted octanol–water partition coefficient (Wildman–Crippen LogP) is 5.59. The number of hydrogen-bond donors (Lipinski definition) is 1. The fourth-order valence-corrected chi connectivity index (χ4v) is 6.38. The average molecular weight is 570 g/mol. The zero-order chi connectivity index (χ0) is 27.5. The van der Waals surface area contributed by atoms with Gasteiger partial charge in [-0.3, -0.25) is 9.59 Å². The summed E-state index contributed by atoms with van der Waals surface area (Å²) < 4.78 is 25.9. The number of likely N-dealkylation sites (tertiary alicyclic amines) is 1. The van der Waals surface area contributed by atoms with Crippen molar-refractivity contribution in [2.45, 2.75) is 58.0 Å². The lowest BCUT2D eigenvalue weighted by molar-refractivity contribution is -0.160. The minimum absolute atomic E-state index is 0.0125. The first-order chi connectivity index (χ1) is 17.3. The van der Waals surface area contributed by atoms with E-state index >= 15 is 0 Å². The molecule has 0 spiro atoms. The number of rotatable bonds is 10. The molecule has 1 fully saturated rings. The smallest absolute Gasteiger partial charge is 0.304 e. The molecule has 0 radical (unpaired) electrons. The first-order valence-corrected chi connectivity index (χ1v) is 14.6. The molecule has 1 aliphatic heterocycles. The molecule has 202 valence electrons. The first-order valence-electron chi connectivity index (χ1n) is 12.3. The summed E-state index contributed by atoms with van der Waals surface area (Å²) in [6.07, 6.45) is 0.389. The van der Waals surface area contributed by atoms with Gasteiger partial charge in [0.2, 0.25) is 15.9 Å². The van der Waals surface area contributed by atoms with Gasteiger partial charge in [0, 0.05) is 35.6 Å². The Bertz CT molecular complexity index is 1240. The third kappa shape index (κ3) is 6.66. The predicted molar refractivity (Wildman–Crippen MR) is 146 cm³/mol. The Morgan fingerprint density at radius 1 is 1.16 bits per heavy atom. The van der Waals surface area contributed by atoms with Crippen molar-refractivity contribution in [2.24, 2.45) is 5.41 Å². The Morgan fingerprint density at radius 2 is 1.81 bits per heavy atom. The van der Waals surface area contributed by atoms with E-state index in [0.717, 1.165) is 11.1 Å². The highest BCUT2D eigenvalue weighted by Gasteiger charge is 2.51.